The molecule has 23 heavy (non-hydrogen) atoms. The lowest BCUT2D eigenvalue weighted by Gasteiger charge is -2.25. The van der Waals surface area contributed by atoms with Crippen LogP contribution in [0.3, 0.4) is 0 Å². The third-order valence-electron chi connectivity index (χ3n) is 4.03. The highest BCUT2D eigenvalue weighted by Crippen LogP contribution is 2.25. The van der Waals surface area contributed by atoms with Crippen LogP contribution in [0.5, 0.6) is 0 Å². The molecule has 130 valence electrons. The van der Waals surface area contributed by atoms with Crippen LogP contribution in [0.4, 0.5) is 5.69 Å². The summed E-state index contributed by atoms with van der Waals surface area (Å²) in [6.07, 6.45) is 2.89. The van der Waals surface area contributed by atoms with Gasteiger partial charge in [-0.2, -0.15) is 0 Å². The molecule has 0 aromatic heterocycles. The van der Waals surface area contributed by atoms with E-state index in [1.54, 1.807) is 0 Å². The summed E-state index contributed by atoms with van der Waals surface area (Å²) in [7, 11) is -3.38. The van der Waals surface area contributed by atoms with Crippen molar-refractivity contribution in [2.24, 2.45) is 0 Å². The number of hydrogen-bond donors (Lipinski definition) is 1. The van der Waals surface area contributed by atoms with Crippen LogP contribution in [-0.4, -0.2) is 33.2 Å². The van der Waals surface area contributed by atoms with Gasteiger partial charge in [0.05, 0.1) is 11.9 Å². The van der Waals surface area contributed by atoms with Crippen molar-refractivity contribution >= 4 is 21.6 Å². The average Bonchev–Trinajstić information content (AvgIpc) is 2.45. The first kappa shape index (κ1) is 19.5. The minimum Gasteiger partial charge on any atom is -0.354 e. The molecule has 5 nitrogen and oxygen atoms in total. The third kappa shape index (κ3) is 5.86. The van der Waals surface area contributed by atoms with Gasteiger partial charge in [0.2, 0.25) is 15.9 Å². The van der Waals surface area contributed by atoms with Crippen molar-refractivity contribution in [1.29, 1.82) is 0 Å². The van der Waals surface area contributed by atoms with E-state index >= 15 is 0 Å². The summed E-state index contributed by atoms with van der Waals surface area (Å²) in [5.74, 6) is -0.0336. The van der Waals surface area contributed by atoms with Crippen LogP contribution in [0.15, 0.2) is 18.2 Å². The summed E-state index contributed by atoms with van der Waals surface area (Å²) in [4.78, 5) is 11.8. The molecule has 1 N–H and O–H groups in total. The summed E-state index contributed by atoms with van der Waals surface area (Å²) in [5.41, 5.74) is 2.68. The number of anilines is 1. The molecular formula is C17H28N2O3S. The number of carbonyl (C=O) groups excluding carboxylic acids is 1. The second-order valence-electron chi connectivity index (χ2n) is 6.03. The van der Waals surface area contributed by atoms with Crippen molar-refractivity contribution in [1.82, 2.24) is 5.32 Å². The highest BCUT2D eigenvalue weighted by Gasteiger charge is 2.20. The minimum atomic E-state index is -3.38. The molecule has 1 aromatic rings. The maximum absolute atomic E-state index is 12.1. The van der Waals surface area contributed by atoms with Crippen LogP contribution in [0.25, 0.3) is 0 Å². The van der Waals surface area contributed by atoms with E-state index in [9.17, 15) is 13.2 Å². The molecule has 6 heteroatoms. The highest BCUT2D eigenvalue weighted by atomic mass is 32.2. The van der Waals surface area contributed by atoms with Crippen molar-refractivity contribution in [2.45, 2.75) is 53.0 Å². The Balaban J connectivity index is 2.79. The number of benzene rings is 1. The number of aryl methyl sites for hydroxylation is 1. The lowest BCUT2D eigenvalue weighted by molar-refractivity contribution is -0.121. The number of sulfonamides is 1. The Morgan fingerprint density at radius 2 is 1.96 bits per heavy atom. The van der Waals surface area contributed by atoms with Crippen LogP contribution in [0.2, 0.25) is 0 Å². The van der Waals surface area contributed by atoms with E-state index in [1.165, 1.54) is 10.6 Å². The average molecular weight is 340 g/mol. The van der Waals surface area contributed by atoms with Gasteiger partial charge < -0.3 is 5.32 Å². The Hall–Kier alpha value is -1.56. The van der Waals surface area contributed by atoms with Gasteiger partial charge in [0.1, 0.15) is 0 Å². The molecule has 0 bridgehead atoms. The predicted molar refractivity (Wildman–Crippen MR) is 95.2 cm³/mol. The summed E-state index contributed by atoms with van der Waals surface area (Å²) < 4.78 is 25.6. The van der Waals surface area contributed by atoms with E-state index in [1.807, 2.05) is 45.9 Å². The minimum absolute atomic E-state index is 0.0336. The first-order valence-electron chi connectivity index (χ1n) is 8.00. The maximum atomic E-state index is 12.1. The van der Waals surface area contributed by atoms with Gasteiger partial charge >= 0.3 is 0 Å². The fourth-order valence-corrected chi connectivity index (χ4v) is 3.32. The zero-order valence-electron chi connectivity index (χ0n) is 14.7. The molecule has 0 saturated carbocycles. The van der Waals surface area contributed by atoms with Gasteiger partial charge in [-0.15, -0.1) is 0 Å². The summed E-state index contributed by atoms with van der Waals surface area (Å²) >= 11 is 0. The van der Waals surface area contributed by atoms with Gasteiger partial charge in [-0.1, -0.05) is 19.1 Å². The normalized spacial score (nSPS) is 12.7. The van der Waals surface area contributed by atoms with Gasteiger partial charge in [-0.05, 0) is 50.8 Å². The highest BCUT2D eigenvalue weighted by molar-refractivity contribution is 7.92. The Kier molecular flexibility index (Phi) is 7.06. The van der Waals surface area contributed by atoms with E-state index in [4.69, 9.17) is 0 Å². The van der Waals surface area contributed by atoms with E-state index < -0.39 is 10.0 Å². The van der Waals surface area contributed by atoms with Crippen LogP contribution in [-0.2, 0) is 14.8 Å². The van der Waals surface area contributed by atoms with Gasteiger partial charge in [-0.25, -0.2) is 8.42 Å². The smallest absolute Gasteiger partial charge is 0.232 e. The van der Waals surface area contributed by atoms with Crippen molar-refractivity contribution < 1.29 is 13.2 Å². The van der Waals surface area contributed by atoms with Crippen LogP contribution >= 0.6 is 0 Å². The quantitative estimate of drug-likeness (QED) is 0.791. The monoisotopic (exact) mass is 340 g/mol. The van der Waals surface area contributed by atoms with E-state index in [0.29, 0.717) is 25.1 Å². The van der Waals surface area contributed by atoms with Gasteiger partial charge in [0.15, 0.2) is 0 Å². The Labute approximate surface area is 140 Å². The second kappa shape index (κ2) is 8.34. The van der Waals surface area contributed by atoms with Gasteiger partial charge in [-0.3, -0.25) is 9.10 Å². The second-order valence-corrected chi connectivity index (χ2v) is 7.94. The molecule has 1 rings (SSSR count). The van der Waals surface area contributed by atoms with E-state index in [2.05, 4.69) is 5.32 Å². The molecule has 0 fully saturated rings. The zero-order valence-corrected chi connectivity index (χ0v) is 15.5. The predicted octanol–water partition coefficient (Wildman–Crippen LogP) is 2.76. The molecule has 0 radical (unpaired) electrons. The van der Waals surface area contributed by atoms with E-state index in [-0.39, 0.29) is 11.9 Å². The molecule has 1 aromatic carbocycles. The van der Waals surface area contributed by atoms with Gasteiger partial charge in [0.25, 0.3) is 0 Å². The number of hydrogen-bond acceptors (Lipinski definition) is 3. The van der Waals surface area contributed by atoms with Crippen molar-refractivity contribution in [3.8, 4) is 0 Å². The fourth-order valence-electron chi connectivity index (χ4n) is 2.30. The molecule has 1 unspecified atom stereocenters. The number of rotatable bonds is 8. The molecule has 0 saturated heterocycles. The zero-order chi connectivity index (χ0) is 17.6. The van der Waals surface area contributed by atoms with Crippen molar-refractivity contribution in [3.63, 3.8) is 0 Å². The van der Waals surface area contributed by atoms with Crippen LogP contribution in [0.1, 0.15) is 44.2 Å². The van der Waals surface area contributed by atoms with Crippen LogP contribution in [0, 0.1) is 13.8 Å². The molecule has 1 atom stereocenters. The Morgan fingerprint density at radius 1 is 1.30 bits per heavy atom. The summed E-state index contributed by atoms with van der Waals surface area (Å²) in [6.45, 7) is 8.14. The molecule has 1 amide bonds. The topological polar surface area (TPSA) is 66.5 Å². The number of nitrogens with zero attached hydrogens (tertiary/aromatic N) is 1. The Morgan fingerprint density at radius 3 is 2.52 bits per heavy atom. The first-order chi connectivity index (χ1) is 10.7. The summed E-state index contributed by atoms with van der Waals surface area (Å²) in [6, 6.07) is 5.76. The van der Waals surface area contributed by atoms with Gasteiger partial charge in [0, 0.05) is 19.0 Å². The molecule has 0 aliphatic heterocycles. The maximum Gasteiger partial charge on any atom is 0.232 e. The fraction of sp³-hybridized carbons (Fsp3) is 0.588. The first-order valence-corrected chi connectivity index (χ1v) is 9.85. The number of carbonyl (C=O) groups is 1. The van der Waals surface area contributed by atoms with E-state index in [0.717, 1.165) is 17.5 Å². The molecule has 0 aliphatic carbocycles. The molecule has 0 aliphatic rings. The van der Waals surface area contributed by atoms with Crippen LogP contribution < -0.4 is 9.62 Å². The molecule has 0 heterocycles. The number of amides is 1. The van der Waals surface area contributed by atoms with Crippen molar-refractivity contribution in [2.75, 3.05) is 17.1 Å². The standard InChI is InChI=1S/C17H28N2O3S/c1-6-14(3)18-17(20)11-8-12-19(23(5,21)22)16-10-7-9-13(2)15(16)4/h7,9-10,14H,6,8,11-12H2,1-5H3,(H,18,20). The summed E-state index contributed by atoms with van der Waals surface area (Å²) in [5, 5.41) is 2.90. The van der Waals surface area contributed by atoms with Crippen molar-refractivity contribution in [3.05, 3.63) is 29.3 Å². The molecular weight excluding hydrogens is 312 g/mol. The lowest BCUT2D eigenvalue weighted by atomic mass is 10.1. The number of nitrogens with one attached hydrogen (secondary N) is 1. The third-order valence-corrected chi connectivity index (χ3v) is 5.21. The SMILES string of the molecule is CCC(C)NC(=O)CCCN(c1cccc(C)c1C)S(C)(=O)=O. The largest absolute Gasteiger partial charge is 0.354 e. The molecule has 0 spiro atoms. The lowest BCUT2D eigenvalue weighted by Crippen LogP contribution is -2.34. The Bertz CT molecular complexity index is 641.